The maximum Gasteiger partial charge on any atom is 0.223 e. The number of carbonyl (C=O) groups excluding carboxylic acids is 1. The highest BCUT2D eigenvalue weighted by Gasteiger charge is 2.21. The third-order valence-electron chi connectivity index (χ3n) is 1.96. The predicted octanol–water partition coefficient (Wildman–Crippen LogP) is 2.66. The maximum absolute atomic E-state index is 11.7. The minimum atomic E-state index is 0.0807. The quantitative estimate of drug-likeness (QED) is 0.705. The number of halogens is 1. The van der Waals surface area contributed by atoms with Crippen LogP contribution in [0.1, 0.15) is 34.1 Å². The fourth-order valence-electron chi connectivity index (χ4n) is 0.928. The Labute approximate surface area is 89.8 Å². The van der Waals surface area contributed by atoms with E-state index in [1.165, 1.54) is 0 Å². The lowest BCUT2D eigenvalue weighted by Crippen LogP contribution is -2.37. The molecule has 0 aliphatic rings. The Balaban J connectivity index is 4.12. The van der Waals surface area contributed by atoms with Gasteiger partial charge in [-0.1, -0.05) is 36.7 Å². The Morgan fingerprint density at radius 2 is 1.92 bits per heavy atom. The molecule has 0 spiro atoms. The molecular formula is C10H20BrNO. The molecule has 0 aromatic heterocycles. The highest BCUT2D eigenvalue weighted by atomic mass is 79.9. The van der Waals surface area contributed by atoms with Crippen LogP contribution in [0.5, 0.6) is 0 Å². The molecule has 0 aromatic carbocycles. The van der Waals surface area contributed by atoms with Gasteiger partial charge in [-0.2, -0.15) is 0 Å². The third kappa shape index (κ3) is 5.29. The Hall–Kier alpha value is -0.0500. The fourth-order valence-corrected chi connectivity index (χ4v) is 1.36. The summed E-state index contributed by atoms with van der Waals surface area (Å²) >= 11 is 3.37. The summed E-state index contributed by atoms with van der Waals surface area (Å²) < 4.78 is 0. The molecule has 0 bridgehead atoms. The van der Waals surface area contributed by atoms with Gasteiger partial charge in [0.2, 0.25) is 5.91 Å². The van der Waals surface area contributed by atoms with Crippen LogP contribution in [-0.4, -0.2) is 29.2 Å². The minimum absolute atomic E-state index is 0.0807. The van der Waals surface area contributed by atoms with Gasteiger partial charge < -0.3 is 4.90 Å². The van der Waals surface area contributed by atoms with Gasteiger partial charge in [0.25, 0.3) is 0 Å². The largest absolute Gasteiger partial charge is 0.342 e. The average molecular weight is 250 g/mol. The van der Waals surface area contributed by atoms with Crippen LogP contribution in [0, 0.1) is 5.41 Å². The van der Waals surface area contributed by atoms with E-state index >= 15 is 0 Å². The van der Waals surface area contributed by atoms with E-state index in [9.17, 15) is 4.79 Å². The van der Waals surface area contributed by atoms with E-state index in [2.05, 4.69) is 36.7 Å². The number of amides is 1. The van der Waals surface area contributed by atoms with Crippen LogP contribution in [-0.2, 0) is 4.79 Å². The number of alkyl halides is 1. The number of rotatable bonds is 3. The zero-order valence-electron chi connectivity index (χ0n) is 9.22. The van der Waals surface area contributed by atoms with Gasteiger partial charge in [0.05, 0.1) is 0 Å². The molecule has 0 fully saturated rings. The van der Waals surface area contributed by atoms with E-state index < -0.39 is 0 Å². The molecule has 0 saturated heterocycles. The van der Waals surface area contributed by atoms with E-state index in [-0.39, 0.29) is 17.4 Å². The number of hydrogen-bond donors (Lipinski definition) is 0. The van der Waals surface area contributed by atoms with Crippen LogP contribution >= 0.6 is 15.9 Å². The van der Waals surface area contributed by atoms with Crippen molar-refractivity contribution < 1.29 is 4.79 Å². The summed E-state index contributed by atoms with van der Waals surface area (Å²) in [7, 11) is 1.86. The second-order valence-corrected chi connectivity index (χ2v) is 5.39. The Bertz CT molecular complexity index is 174. The Morgan fingerprint density at radius 1 is 1.46 bits per heavy atom. The number of hydrogen-bond acceptors (Lipinski definition) is 1. The van der Waals surface area contributed by atoms with Crippen LogP contribution in [0.25, 0.3) is 0 Å². The minimum Gasteiger partial charge on any atom is -0.342 e. The second-order valence-electron chi connectivity index (χ2n) is 4.75. The van der Waals surface area contributed by atoms with Gasteiger partial charge in [0, 0.05) is 24.8 Å². The first-order chi connectivity index (χ1) is 5.78. The molecule has 0 heterocycles. The van der Waals surface area contributed by atoms with Gasteiger partial charge >= 0.3 is 0 Å². The number of nitrogens with zero attached hydrogens (tertiary/aromatic N) is 1. The van der Waals surface area contributed by atoms with Gasteiger partial charge in [-0.05, 0) is 12.3 Å². The van der Waals surface area contributed by atoms with E-state index in [1.807, 2.05) is 14.0 Å². The van der Waals surface area contributed by atoms with Crippen molar-refractivity contribution in [1.29, 1.82) is 0 Å². The first-order valence-corrected chi connectivity index (χ1v) is 5.71. The maximum atomic E-state index is 11.7. The average Bonchev–Trinajstić information content (AvgIpc) is 1.98. The standard InChI is InChI=1S/C10H20BrNO/c1-8(7-11)12(5)9(13)6-10(2,3)4/h8H,6-7H2,1-5H3. The predicted molar refractivity (Wildman–Crippen MR) is 60.1 cm³/mol. The van der Waals surface area contributed by atoms with Crippen molar-refractivity contribution in [3.63, 3.8) is 0 Å². The molecule has 0 aliphatic heterocycles. The summed E-state index contributed by atoms with van der Waals surface area (Å²) in [5.74, 6) is 0.222. The smallest absolute Gasteiger partial charge is 0.223 e. The van der Waals surface area contributed by atoms with Crippen molar-refractivity contribution >= 4 is 21.8 Å². The van der Waals surface area contributed by atoms with E-state index in [0.717, 1.165) is 5.33 Å². The summed E-state index contributed by atoms with van der Waals surface area (Å²) in [6, 6.07) is 0.273. The molecule has 78 valence electrons. The zero-order chi connectivity index (χ0) is 10.6. The second kappa shape index (κ2) is 4.99. The van der Waals surface area contributed by atoms with Crippen molar-refractivity contribution in [2.75, 3.05) is 12.4 Å². The molecule has 0 rings (SSSR count). The molecule has 2 nitrogen and oxygen atoms in total. The van der Waals surface area contributed by atoms with Crippen molar-refractivity contribution in [3.05, 3.63) is 0 Å². The third-order valence-corrected chi connectivity index (χ3v) is 2.90. The lowest BCUT2D eigenvalue weighted by atomic mass is 9.91. The first-order valence-electron chi connectivity index (χ1n) is 4.59. The molecule has 0 saturated carbocycles. The Morgan fingerprint density at radius 3 is 2.23 bits per heavy atom. The molecule has 1 unspecified atom stereocenters. The molecule has 13 heavy (non-hydrogen) atoms. The van der Waals surface area contributed by atoms with Gasteiger partial charge in [-0.3, -0.25) is 4.79 Å². The van der Waals surface area contributed by atoms with Crippen LogP contribution in [0.15, 0.2) is 0 Å². The first kappa shape index (κ1) is 12.9. The molecule has 0 aromatic rings. The van der Waals surface area contributed by atoms with E-state index in [0.29, 0.717) is 6.42 Å². The van der Waals surface area contributed by atoms with Gasteiger partial charge in [0.1, 0.15) is 0 Å². The SMILES string of the molecule is CC(CBr)N(C)C(=O)CC(C)(C)C. The monoisotopic (exact) mass is 249 g/mol. The van der Waals surface area contributed by atoms with Crippen molar-refractivity contribution in [3.8, 4) is 0 Å². The lowest BCUT2D eigenvalue weighted by molar-refractivity contribution is -0.133. The molecule has 0 aliphatic carbocycles. The summed E-state index contributed by atoms with van der Waals surface area (Å²) in [4.78, 5) is 13.5. The molecule has 3 heteroatoms. The normalized spacial score (nSPS) is 14.0. The van der Waals surface area contributed by atoms with Crippen LogP contribution in [0.2, 0.25) is 0 Å². The topological polar surface area (TPSA) is 20.3 Å². The highest BCUT2D eigenvalue weighted by molar-refractivity contribution is 9.09. The van der Waals surface area contributed by atoms with E-state index in [1.54, 1.807) is 4.90 Å². The summed E-state index contributed by atoms with van der Waals surface area (Å²) in [6.45, 7) is 8.28. The highest BCUT2D eigenvalue weighted by Crippen LogP contribution is 2.20. The van der Waals surface area contributed by atoms with Gasteiger partial charge in [-0.25, -0.2) is 0 Å². The number of carbonyl (C=O) groups is 1. The summed E-state index contributed by atoms with van der Waals surface area (Å²) in [5.41, 5.74) is 0.0807. The summed E-state index contributed by atoms with van der Waals surface area (Å²) in [5, 5.41) is 0.833. The van der Waals surface area contributed by atoms with Crippen LogP contribution < -0.4 is 0 Å². The van der Waals surface area contributed by atoms with Crippen molar-refractivity contribution in [2.45, 2.75) is 40.2 Å². The van der Waals surface area contributed by atoms with E-state index in [4.69, 9.17) is 0 Å². The molecule has 0 N–H and O–H groups in total. The van der Waals surface area contributed by atoms with Crippen molar-refractivity contribution in [1.82, 2.24) is 4.90 Å². The van der Waals surface area contributed by atoms with Crippen LogP contribution in [0.4, 0.5) is 0 Å². The molecular weight excluding hydrogens is 230 g/mol. The van der Waals surface area contributed by atoms with Crippen LogP contribution in [0.3, 0.4) is 0 Å². The van der Waals surface area contributed by atoms with Gasteiger partial charge in [0.15, 0.2) is 0 Å². The molecule has 0 radical (unpaired) electrons. The van der Waals surface area contributed by atoms with Crippen molar-refractivity contribution in [2.24, 2.45) is 5.41 Å². The fraction of sp³-hybridized carbons (Fsp3) is 0.900. The summed E-state index contributed by atoms with van der Waals surface area (Å²) in [6.07, 6.45) is 0.612. The zero-order valence-corrected chi connectivity index (χ0v) is 10.8. The van der Waals surface area contributed by atoms with Gasteiger partial charge in [-0.15, -0.1) is 0 Å². The lowest BCUT2D eigenvalue weighted by Gasteiger charge is -2.27. The molecule has 1 amide bonds. The Kier molecular flexibility index (Phi) is 4.97. The molecule has 1 atom stereocenters.